The molecule has 33 heavy (non-hydrogen) atoms. The van der Waals surface area contributed by atoms with Crippen LogP contribution < -0.4 is 5.69 Å². The Morgan fingerprint density at radius 3 is 1.64 bits per heavy atom. The Balaban J connectivity index is 1.68. The first-order chi connectivity index (χ1) is 16.1. The fourth-order valence-corrected chi connectivity index (χ4v) is 4.48. The third kappa shape index (κ3) is 6.70. The Bertz CT molecular complexity index is 1050. The number of rotatable bonds is 14. The van der Waals surface area contributed by atoms with Crippen LogP contribution in [0.5, 0.6) is 0 Å². The molecule has 0 saturated heterocycles. The molecule has 0 aliphatic rings. The molecule has 0 unspecified atom stereocenters. The molecule has 3 rings (SSSR count). The summed E-state index contributed by atoms with van der Waals surface area (Å²) in [6, 6.07) is 20.4. The van der Waals surface area contributed by atoms with Gasteiger partial charge < -0.3 is 5.11 Å². The van der Waals surface area contributed by atoms with Gasteiger partial charge in [-0.2, -0.15) is 0 Å². The fourth-order valence-electron chi connectivity index (χ4n) is 4.48. The Morgan fingerprint density at radius 1 is 0.697 bits per heavy atom. The predicted molar refractivity (Wildman–Crippen MR) is 134 cm³/mol. The van der Waals surface area contributed by atoms with Crippen molar-refractivity contribution in [3.05, 3.63) is 71.1 Å². The smallest absolute Gasteiger partial charge is 0.329 e. The lowest BCUT2D eigenvalue weighted by Gasteiger charge is -2.11. The summed E-state index contributed by atoms with van der Waals surface area (Å²) in [6.07, 6.45) is 8.68. The van der Waals surface area contributed by atoms with E-state index in [1.807, 2.05) is 52.5 Å². The van der Waals surface area contributed by atoms with Gasteiger partial charge in [0, 0.05) is 30.6 Å². The minimum atomic E-state index is -0.701. The van der Waals surface area contributed by atoms with Crippen LogP contribution in [-0.4, -0.2) is 20.2 Å². The van der Waals surface area contributed by atoms with E-state index >= 15 is 0 Å². The molecular weight excluding hydrogens is 412 g/mol. The van der Waals surface area contributed by atoms with Crippen molar-refractivity contribution in [2.75, 3.05) is 0 Å². The van der Waals surface area contributed by atoms with Crippen molar-refractivity contribution in [1.29, 1.82) is 0 Å². The Morgan fingerprint density at radius 2 is 1.15 bits per heavy atom. The van der Waals surface area contributed by atoms with E-state index < -0.39 is 5.97 Å². The molecule has 176 valence electrons. The van der Waals surface area contributed by atoms with E-state index in [4.69, 9.17) is 5.11 Å². The van der Waals surface area contributed by atoms with Crippen molar-refractivity contribution < 1.29 is 9.90 Å². The maximum atomic E-state index is 13.4. The predicted octanol–water partition coefficient (Wildman–Crippen LogP) is 6.60. The largest absolute Gasteiger partial charge is 0.481 e. The zero-order chi connectivity index (χ0) is 23.5. The second kappa shape index (κ2) is 12.8. The lowest BCUT2D eigenvalue weighted by molar-refractivity contribution is -0.137. The number of aromatic nitrogens is 2. The van der Waals surface area contributed by atoms with Gasteiger partial charge in [-0.05, 0) is 19.8 Å². The molecule has 3 aromatic rings. The maximum Gasteiger partial charge on any atom is 0.329 e. The van der Waals surface area contributed by atoms with Gasteiger partial charge in [-0.25, -0.2) is 4.79 Å². The number of carbonyl (C=O) groups is 1. The zero-order valence-electron chi connectivity index (χ0n) is 19.7. The van der Waals surface area contributed by atoms with Gasteiger partial charge in [0.1, 0.15) is 0 Å². The van der Waals surface area contributed by atoms with Gasteiger partial charge in [-0.1, -0.05) is 99.2 Å². The SMILES string of the molecule is CCn1c(-c2ccccc2)c(-c2ccccc2)n(CCCCCCCCCCC(=O)O)c1=O. The lowest BCUT2D eigenvalue weighted by Crippen LogP contribution is -2.24. The summed E-state index contributed by atoms with van der Waals surface area (Å²) in [5.74, 6) is -0.701. The standard InChI is InChI=1S/C28H36N2O3/c1-2-29-26(23-17-11-9-12-18-23)27(24-19-13-10-14-20-24)30(28(29)33)22-16-8-6-4-3-5-7-15-21-25(31)32/h9-14,17-20H,2-8,15-16,21-22H2,1H3,(H,31,32). The van der Waals surface area contributed by atoms with Gasteiger partial charge in [-0.3, -0.25) is 13.9 Å². The molecule has 0 atom stereocenters. The van der Waals surface area contributed by atoms with Gasteiger partial charge >= 0.3 is 11.7 Å². The van der Waals surface area contributed by atoms with E-state index in [1.165, 1.54) is 6.42 Å². The molecule has 0 aliphatic carbocycles. The first-order valence-electron chi connectivity index (χ1n) is 12.3. The quantitative estimate of drug-likeness (QED) is 0.283. The molecule has 1 aromatic heterocycles. The van der Waals surface area contributed by atoms with Gasteiger partial charge in [0.25, 0.3) is 0 Å². The average molecular weight is 449 g/mol. The van der Waals surface area contributed by atoms with E-state index in [0.29, 0.717) is 13.1 Å². The summed E-state index contributed by atoms with van der Waals surface area (Å²) in [4.78, 5) is 23.9. The number of hydrogen-bond donors (Lipinski definition) is 1. The molecule has 1 heterocycles. The van der Waals surface area contributed by atoms with Crippen LogP contribution in [-0.2, 0) is 17.9 Å². The van der Waals surface area contributed by atoms with E-state index in [-0.39, 0.29) is 12.1 Å². The monoisotopic (exact) mass is 448 g/mol. The van der Waals surface area contributed by atoms with Crippen molar-refractivity contribution in [1.82, 2.24) is 9.13 Å². The summed E-state index contributed by atoms with van der Waals surface area (Å²) < 4.78 is 3.86. The molecular formula is C28H36N2O3. The molecule has 0 aliphatic heterocycles. The molecule has 0 spiro atoms. The summed E-state index contributed by atoms with van der Waals surface area (Å²) >= 11 is 0. The normalized spacial score (nSPS) is 11.1. The Labute approximate surface area is 196 Å². The minimum Gasteiger partial charge on any atom is -0.481 e. The van der Waals surface area contributed by atoms with Crippen LogP contribution in [0.2, 0.25) is 0 Å². The van der Waals surface area contributed by atoms with Crippen molar-refractivity contribution in [3.8, 4) is 22.5 Å². The topological polar surface area (TPSA) is 64.2 Å². The van der Waals surface area contributed by atoms with E-state index in [9.17, 15) is 9.59 Å². The molecule has 0 radical (unpaired) electrons. The van der Waals surface area contributed by atoms with Crippen LogP contribution in [0.25, 0.3) is 22.5 Å². The average Bonchev–Trinajstić information content (AvgIpc) is 3.12. The lowest BCUT2D eigenvalue weighted by atomic mass is 10.0. The first-order valence-corrected chi connectivity index (χ1v) is 12.3. The molecule has 0 fully saturated rings. The molecule has 0 bridgehead atoms. The van der Waals surface area contributed by atoms with Crippen molar-refractivity contribution in [2.45, 2.75) is 77.8 Å². The van der Waals surface area contributed by atoms with Crippen molar-refractivity contribution in [3.63, 3.8) is 0 Å². The minimum absolute atomic E-state index is 0.0636. The molecule has 0 saturated carbocycles. The first kappa shape index (κ1) is 24.6. The summed E-state index contributed by atoms with van der Waals surface area (Å²) in [5, 5.41) is 8.69. The van der Waals surface area contributed by atoms with Crippen LogP contribution in [0.3, 0.4) is 0 Å². The summed E-state index contributed by atoms with van der Waals surface area (Å²) in [5.41, 5.74) is 4.20. The number of hydrogen-bond acceptors (Lipinski definition) is 2. The third-order valence-electron chi connectivity index (χ3n) is 6.16. The number of carboxylic acid groups (broad SMARTS) is 1. The van der Waals surface area contributed by atoms with Gasteiger partial charge in [0.15, 0.2) is 0 Å². The zero-order valence-corrected chi connectivity index (χ0v) is 19.7. The second-order valence-electron chi connectivity index (χ2n) is 8.58. The van der Waals surface area contributed by atoms with Crippen LogP contribution in [0, 0.1) is 0 Å². The van der Waals surface area contributed by atoms with Crippen LogP contribution in [0.15, 0.2) is 65.5 Å². The van der Waals surface area contributed by atoms with Crippen molar-refractivity contribution in [2.24, 2.45) is 0 Å². The van der Waals surface area contributed by atoms with E-state index in [0.717, 1.165) is 67.5 Å². The summed E-state index contributed by atoms with van der Waals surface area (Å²) in [7, 11) is 0. The highest BCUT2D eigenvalue weighted by Gasteiger charge is 2.21. The number of nitrogens with zero attached hydrogens (tertiary/aromatic N) is 2. The Hall–Kier alpha value is -3.08. The number of imidazole rings is 1. The highest BCUT2D eigenvalue weighted by atomic mass is 16.4. The molecule has 2 aromatic carbocycles. The molecule has 5 heteroatoms. The van der Waals surface area contributed by atoms with Gasteiger partial charge in [0.2, 0.25) is 0 Å². The van der Waals surface area contributed by atoms with Crippen LogP contribution in [0.4, 0.5) is 0 Å². The molecule has 0 amide bonds. The van der Waals surface area contributed by atoms with E-state index in [2.05, 4.69) is 24.3 Å². The Kier molecular flexibility index (Phi) is 9.55. The highest BCUT2D eigenvalue weighted by Crippen LogP contribution is 2.32. The number of unbranched alkanes of at least 4 members (excludes halogenated alkanes) is 7. The summed E-state index contributed by atoms with van der Waals surface area (Å²) in [6.45, 7) is 3.38. The van der Waals surface area contributed by atoms with Gasteiger partial charge in [-0.15, -0.1) is 0 Å². The second-order valence-corrected chi connectivity index (χ2v) is 8.58. The number of carboxylic acids is 1. The number of benzene rings is 2. The van der Waals surface area contributed by atoms with Crippen molar-refractivity contribution >= 4 is 5.97 Å². The molecule has 1 N–H and O–H groups in total. The van der Waals surface area contributed by atoms with Crippen LogP contribution in [0.1, 0.15) is 64.7 Å². The third-order valence-corrected chi connectivity index (χ3v) is 6.16. The fraction of sp³-hybridized carbons (Fsp3) is 0.429. The van der Waals surface area contributed by atoms with Crippen LogP contribution >= 0.6 is 0 Å². The molecule has 5 nitrogen and oxygen atoms in total. The van der Waals surface area contributed by atoms with Gasteiger partial charge in [0.05, 0.1) is 11.4 Å². The maximum absolute atomic E-state index is 13.4. The van der Waals surface area contributed by atoms with E-state index in [1.54, 1.807) is 0 Å². The number of aliphatic carboxylic acids is 1. The highest BCUT2D eigenvalue weighted by molar-refractivity contribution is 5.79.